The number of benzene rings is 1. The molecule has 1 fully saturated rings. The molecule has 0 spiro atoms. The van der Waals surface area contributed by atoms with Gasteiger partial charge in [-0.25, -0.2) is 0 Å². The van der Waals surface area contributed by atoms with E-state index in [9.17, 15) is 0 Å². The number of rotatable bonds is 4. The first-order valence-electron chi connectivity index (χ1n) is 6.82. The van der Waals surface area contributed by atoms with E-state index >= 15 is 0 Å². The van der Waals surface area contributed by atoms with Crippen LogP contribution in [0.3, 0.4) is 0 Å². The van der Waals surface area contributed by atoms with Gasteiger partial charge in [-0.05, 0) is 43.9 Å². The highest BCUT2D eigenvalue weighted by Crippen LogP contribution is 2.21. The van der Waals surface area contributed by atoms with Crippen LogP contribution in [0.15, 0.2) is 30.3 Å². The van der Waals surface area contributed by atoms with Gasteiger partial charge in [0.2, 0.25) is 0 Å². The fraction of sp³-hybridized carbons (Fsp3) is 0.600. The zero-order valence-electron chi connectivity index (χ0n) is 11.0. The van der Waals surface area contributed by atoms with E-state index < -0.39 is 0 Å². The third-order valence-corrected chi connectivity index (χ3v) is 3.31. The molecule has 1 saturated heterocycles. The smallest absolute Gasteiger partial charge is 0.0795 e. The summed E-state index contributed by atoms with van der Waals surface area (Å²) < 4.78 is 0. The minimum atomic E-state index is 0.522. The SMILES string of the molecule is CC(C)CN(c1ccccc1)C1CCCCN1. The summed E-state index contributed by atoms with van der Waals surface area (Å²) in [6.45, 7) is 6.87. The van der Waals surface area contributed by atoms with Gasteiger partial charge in [-0.3, -0.25) is 5.32 Å². The molecule has 17 heavy (non-hydrogen) atoms. The van der Waals surface area contributed by atoms with E-state index in [2.05, 4.69) is 54.4 Å². The van der Waals surface area contributed by atoms with Gasteiger partial charge in [0.25, 0.3) is 0 Å². The fourth-order valence-electron chi connectivity index (χ4n) is 2.52. The lowest BCUT2D eigenvalue weighted by molar-refractivity contribution is 0.373. The molecule has 1 N–H and O–H groups in total. The molecule has 1 heterocycles. The number of piperidine rings is 1. The van der Waals surface area contributed by atoms with E-state index in [1.165, 1.54) is 24.9 Å². The summed E-state index contributed by atoms with van der Waals surface area (Å²) >= 11 is 0. The zero-order chi connectivity index (χ0) is 12.1. The van der Waals surface area contributed by atoms with Crippen molar-refractivity contribution in [2.45, 2.75) is 39.3 Å². The van der Waals surface area contributed by atoms with Crippen LogP contribution in [-0.4, -0.2) is 19.3 Å². The number of para-hydroxylation sites is 1. The molecule has 0 amide bonds. The average Bonchev–Trinajstić information content (AvgIpc) is 2.38. The van der Waals surface area contributed by atoms with Crippen molar-refractivity contribution in [2.75, 3.05) is 18.0 Å². The van der Waals surface area contributed by atoms with Crippen LogP contribution in [0.4, 0.5) is 5.69 Å². The molecule has 1 aliphatic heterocycles. The van der Waals surface area contributed by atoms with Crippen LogP contribution >= 0.6 is 0 Å². The lowest BCUT2D eigenvalue weighted by Crippen LogP contribution is -2.49. The molecule has 0 saturated carbocycles. The van der Waals surface area contributed by atoms with Crippen molar-refractivity contribution in [3.05, 3.63) is 30.3 Å². The minimum Gasteiger partial charge on any atom is -0.356 e. The van der Waals surface area contributed by atoms with E-state index in [-0.39, 0.29) is 0 Å². The molecule has 0 aliphatic carbocycles. The van der Waals surface area contributed by atoms with Crippen molar-refractivity contribution in [1.29, 1.82) is 0 Å². The Labute approximate surface area is 105 Å². The van der Waals surface area contributed by atoms with E-state index in [0.29, 0.717) is 12.1 Å². The minimum absolute atomic E-state index is 0.522. The van der Waals surface area contributed by atoms with Crippen LogP contribution in [-0.2, 0) is 0 Å². The van der Waals surface area contributed by atoms with E-state index in [1.807, 2.05) is 0 Å². The topological polar surface area (TPSA) is 15.3 Å². The summed E-state index contributed by atoms with van der Waals surface area (Å²) in [5.41, 5.74) is 1.35. The summed E-state index contributed by atoms with van der Waals surface area (Å²) in [5, 5.41) is 3.65. The largest absolute Gasteiger partial charge is 0.356 e. The zero-order valence-corrected chi connectivity index (χ0v) is 11.0. The lowest BCUT2D eigenvalue weighted by atomic mass is 10.1. The van der Waals surface area contributed by atoms with Gasteiger partial charge in [0, 0.05) is 12.2 Å². The second-order valence-electron chi connectivity index (χ2n) is 5.35. The monoisotopic (exact) mass is 232 g/mol. The molecule has 94 valence electrons. The number of nitrogens with zero attached hydrogens (tertiary/aromatic N) is 1. The maximum atomic E-state index is 3.65. The molecule has 0 bridgehead atoms. The third-order valence-electron chi connectivity index (χ3n) is 3.31. The number of hydrogen-bond acceptors (Lipinski definition) is 2. The Hall–Kier alpha value is -1.02. The van der Waals surface area contributed by atoms with Gasteiger partial charge in [-0.1, -0.05) is 32.0 Å². The molecule has 1 aliphatic rings. The van der Waals surface area contributed by atoms with E-state index in [1.54, 1.807) is 0 Å². The molecule has 2 heteroatoms. The number of nitrogens with one attached hydrogen (secondary N) is 1. The Bertz CT molecular complexity index is 315. The van der Waals surface area contributed by atoms with Gasteiger partial charge >= 0.3 is 0 Å². The van der Waals surface area contributed by atoms with Gasteiger partial charge < -0.3 is 4.90 Å². The Morgan fingerprint density at radius 1 is 1.24 bits per heavy atom. The standard InChI is InChI=1S/C15H24N2/c1-13(2)12-17(14-8-4-3-5-9-14)15-10-6-7-11-16-15/h3-5,8-9,13,15-16H,6-7,10-12H2,1-2H3. The molecule has 1 aromatic carbocycles. The van der Waals surface area contributed by atoms with Crippen LogP contribution in [0.2, 0.25) is 0 Å². The van der Waals surface area contributed by atoms with Crippen LogP contribution in [0.5, 0.6) is 0 Å². The average molecular weight is 232 g/mol. The number of hydrogen-bond donors (Lipinski definition) is 1. The molecule has 1 atom stereocenters. The molecular weight excluding hydrogens is 208 g/mol. The predicted molar refractivity (Wildman–Crippen MR) is 74.3 cm³/mol. The van der Waals surface area contributed by atoms with Gasteiger partial charge in [0.05, 0.1) is 6.17 Å². The van der Waals surface area contributed by atoms with Crippen molar-refractivity contribution in [2.24, 2.45) is 5.92 Å². The summed E-state index contributed by atoms with van der Waals surface area (Å²) in [6, 6.07) is 10.8. The maximum Gasteiger partial charge on any atom is 0.0795 e. The maximum absolute atomic E-state index is 3.65. The van der Waals surface area contributed by atoms with Crippen molar-refractivity contribution < 1.29 is 0 Å². The van der Waals surface area contributed by atoms with Crippen molar-refractivity contribution in [3.63, 3.8) is 0 Å². The summed E-state index contributed by atoms with van der Waals surface area (Å²) in [5.74, 6) is 0.693. The van der Waals surface area contributed by atoms with Crippen LogP contribution < -0.4 is 10.2 Å². The van der Waals surface area contributed by atoms with Crippen LogP contribution in [0, 0.1) is 5.92 Å². The third kappa shape index (κ3) is 3.47. The first kappa shape index (κ1) is 12.4. The van der Waals surface area contributed by atoms with Gasteiger partial charge in [-0.2, -0.15) is 0 Å². The van der Waals surface area contributed by atoms with Crippen LogP contribution in [0.25, 0.3) is 0 Å². The Balaban J connectivity index is 2.12. The molecule has 1 aromatic rings. The summed E-state index contributed by atoms with van der Waals surface area (Å²) in [6.07, 6.45) is 4.45. The van der Waals surface area contributed by atoms with Gasteiger partial charge in [-0.15, -0.1) is 0 Å². The first-order valence-corrected chi connectivity index (χ1v) is 6.82. The Kier molecular flexibility index (Phi) is 4.43. The molecule has 0 aromatic heterocycles. The molecule has 2 nitrogen and oxygen atoms in total. The normalized spacial score (nSPS) is 20.5. The quantitative estimate of drug-likeness (QED) is 0.857. The second kappa shape index (κ2) is 6.06. The lowest BCUT2D eigenvalue weighted by Gasteiger charge is -2.38. The number of anilines is 1. The molecular formula is C15H24N2. The highest BCUT2D eigenvalue weighted by Gasteiger charge is 2.21. The molecule has 2 rings (SSSR count). The second-order valence-corrected chi connectivity index (χ2v) is 5.35. The van der Waals surface area contributed by atoms with Crippen molar-refractivity contribution in [3.8, 4) is 0 Å². The van der Waals surface area contributed by atoms with E-state index in [4.69, 9.17) is 0 Å². The highest BCUT2D eigenvalue weighted by molar-refractivity contribution is 5.47. The molecule has 1 unspecified atom stereocenters. The van der Waals surface area contributed by atoms with Gasteiger partial charge in [0.15, 0.2) is 0 Å². The summed E-state index contributed by atoms with van der Waals surface area (Å²) in [7, 11) is 0. The molecule has 0 radical (unpaired) electrons. The highest BCUT2D eigenvalue weighted by atomic mass is 15.3. The van der Waals surface area contributed by atoms with Crippen LogP contribution in [0.1, 0.15) is 33.1 Å². The van der Waals surface area contributed by atoms with Gasteiger partial charge in [0.1, 0.15) is 0 Å². The predicted octanol–water partition coefficient (Wildman–Crippen LogP) is 3.25. The Morgan fingerprint density at radius 2 is 2.00 bits per heavy atom. The van der Waals surface area contributed by atoms with Crippen molar-refractivity contribution in [1.82, 2.24) is 5.32 Å². The first-order chi connectivity index (χ1) is 8.27. The van der Waals surface area contributed by atoms with E-state index in [0.717, 1.165) is 13.1 Å². The Morgan fingerprint density at radius 3 is 2.59 bits per heavy atom. The van der Waals surface area contributed by atoms with Crippen molar-refractivity contribution >= 4 is 5.69 Å². The summed E-state index contributed by atoms with van der Waals surface area (Å²) in [4.78, 5) is 2.53. The fourth-order valence-corrected chi connectivity index (χ4v) is 2.52.